The molecule has 2 N–H and O–H groups in total. The van der Waals surface area contributed by atoms with E-state index < -0.39 is 11.9 Å². The summed E-state index contributed by atoms with van der Waals surface area (Å²) in [6, 6.07) is 7.86. The number of hydrogen-bond donors (Lipinski definition) is 2. The largest absolute Gasteiger partial charge is 0.328 e. The fourth-order valence-electron chi connectivity index (χ4n) is 3.24. The molecule has 0 radical (unpaired) electrons. The third kappa shape index (κ3) is 4.05. The maximum Gasteiger partial charge on any atom is 0.328 e. The van der Waals surface area contributed by atoms with Crippen LogP contribution < -0.4 is 16.2 Å². The van der Waals surface area contributed by atoms with E-state index >= 15 is 0 Å². The summed E-state index contributed by atoms with van der Waals surface area (Å²) in [7, 11) is 1.71. The summed E-state index contributed by atoms with van der Waals surface area (Å²) in [5.74, 6) is -0.599. The van der Waals surface area contributed by atoms with Gasteiger partial charge in [0.1, 0.15) is 5.51 Å². The molecule has 156 valence electrons. The van der Waals surface area contributed by atoms with E-state index in [1.54, 1.807) is 42.1 Å². The Kier molecular flexibility index (Phi) is 5.30. The lowest BCUT2D eigenvalue weighted by molar-refractivity contribution is 0.0967. The van der Waals surface area contributed by atoms with Gasteiger partial charge in [-0.2, -0.15) is 0 Å². The predicted octanol–water partition coefficient (Wildman–Crippen LogP) is 3.03. The van der Waals surface area contributed by atoms with Crippen LogP contribution in [0.5, 0.6) is 0 Å². The number of hydrogen-bond acceptors (Lipinski definition) is 7. The SMILES string of the molecule is Cc1cc2c(cn1)cc(-c1cc(C(=O)NC(=O)Nc3nncs3)ccc1C)c(=O)n2C. The van der Waals surface area contributed by atoms with E-state index in [1.165, 1.54) is 5.51 Å². The van der Waals surface area contributed by atoms with Crippen molar-refractivity contribution in [2.24, 2.45) is 7.05 Å². The van der Waals surface area contributed by atoms with Gasteiger partial charge in [-0.15, -0.1) is 10.2 Å². The summed E-state index contributed by atoms with van der Waals surface area (Å²) < 4.78 is 1.57. The highest BCUT2D eigenvalue weighted by Crippen LogP contribution is 2.25. The average Bonchev–Trinajstić information content (AvgIpc) is 3.24. The van der Waals surface area contributed by atoms with Crippen molar-refractivity contribution in [3.05, 3.63) is 69.2 Å². The minimum absolute atomic E-state index is 0.187. The molecule has 10 heteroatoms. The first kappa shape index (κ1) is 20.4. The first-order chi connectivity index (χ1) is 14.8. The first-order valence-electron chi connectivity index (χ1n) is 9.29. The first-order valence-corrected chi connectivity index (χ1v) is 10.2. The predicted molar refractivity (Wildman–Crippen MR) is 118 cm³/mol. The monoisotopic (exact) mass is 434 g/mol. The Labute approximate surface area is 180 Å². The van der Waals surface area contributed by atoms with Gasteiger partial charge in [-0.25, -0.2) is 4.79 Å². The van der Waals surface area contributed by atoms with Gasteiger partial charge in [0.15, 0.2) is 0 Å². The number of anilines is 1. The number of rotatable bonds is 3. The summed E-state index contributed by atoms with van der Waals surface area (Å²) in [5, 5.41) is 13.1. The molecule has 0 aliphatic carbocycles. The third-order valence-corrected chi connectivity index (χ3v) is 5.45. The van der Waals surface area contributed by atoms with Crippen molar-refractivity contribution in [3.63, 3.8) is 0 Å². The summed E-state index contributed by atoms with van der Waals surface area (Å²) in [5.41, 5.74) is 5.01. The fourth-order valence-corrected chi connectivity index (χ4v) is 3.68. The molecule has 31 heavy (non-hydrogen) atoms. The van der Waals surface area contributed by atoms with Crippen LogP contribution >= 0.6 is 11.3 Å². The van der Waals surface area contributed by atoms with Crippen LogP contribution in [0.3, 0.4) is 0 Å². The van der Waals surface area contributed by atoms with E-state index in [4.69, 9.17) is 0 Å². The van der Waals surface area contributed by atoms with Crippen LogP contribution in [0.2, 0.25) is 0 Å². The van der Waals surface area contributed by atoms with E-state index in [1.807, 2.05) is 19.9 Å². The minimum atomic E-state index is -0.716. The molecule has 0 fully saturated rings. The number of imide groups is 1. The number of urea groups is 1. The van der Waals surface area contributed by atoms with Gasteiger partial charge in [-0.3, -0.25) is 25.2 Å². The molecule has 0 spiro atoms. The highest BCUT2D eigenvalue weighted by Gasteiger charge is 2.16. The maximum absolute atomic E-state index is 13.0. The minimum Gasteiger partial charge on any atom is -0.311 e. The molecule has 4 aromatic rings. The van der Waals surface area contributed by atoms with Gasteiger partial charge >= 0.3 is 6.03 Å². The van der Waals surface area contributed by atoms with E-state index in [9.17, 15) is 14.4 Å². The van der Waals surface area contributed by atoms with Crippen LogP contribution in [-0.2, 0) is 7.05 Å². The second-order valence-corrected chi connectivity index (χ2v) is 7.82. The topological polar surface area (TPSA) is 119 Å². The number of amides is 3. The highest BCUT2D eigenvalue weighted by atomic mass is 32.1. The molecule has 0 unspecified atom stereocenters. The van der Waals surface area contributed by atoms with Crippen molar-refractivity contribution in [1.29, 1.82) is 0 Å². The Bertz CT molecular complexity index is 1380. The summed E-state index contributed by atoms with van der Waals surface area (Å²) in [6.07, 6.45) is 1.72. The number of carbonyl (C=O) groups excluding carboxylic acids is 2. The summed E-state index contributed by atoms with van der Waals surface area (Å²) in [4.78, 5) is 42.0. The molecule has 0 atom stereocenters. The van der Waals surface area contributed by atoms with Gasteiger partial charge in [-0.05, 0) is 49.2 Å². The fraction of sp³-hybridized carbons (Fsp3) is 0.143. The van der Waals surface area contributed by atoms with E-state index in [2.05, 4.69) is 25.8 Å². The molecule has 0 saturated heterocycles. The van der Waals surface area contributed by atoms with E-state index in [0.717, 1.165) is 33.5 Å². The van der Waals surface area contributed by atoms with Crippen LogP contribution in [0.25, 0.3) is 22.0 Å². The van der Waals surface area contributed by atoms with Crippen molar-refractivity contribution in [2.75, 3.05) is 5.32 Å². The molecule has 0 bridgehead atoms. The highest BCUT2D eigenvalue weighted by molar-refractivity contribution is 7.13. The van der Waals surface area contributed by atoms with Crippen LogP contribution in [0, 0.1) is 13.8 Å². The second-order valence-electron chi connectivity index (χ2n) is 6.99. The molecular formula is C21H18N6O3S. The zero-order chi connectivity index (χ0) is 22.1. The van der Waals surface area contributed by atoms with Crippen molar-refractivity contribution < 1.29 is 9.59 Å². The lowest BCUT2D eigenvalue weighted by Crippen LogP contribution is -2.34. The molecule has 0 saturated carbocycles. The molecule has 1 aromatic carbocycles. The van der Waals surface area contributed by atoms with Crippen LogP contribution in [-0.4, -0.2) is 31.7 Å². The average molecular weight is 434 g/mol. The van der Waals surface area contributed by atoms with Crippen LogP contribution in [0.1, 0.15) is 21.6 Å². The molecule has 0 aliphatic heterocycles. The normalized spacial score (nSPS) is 10.8. The Balaban J connectivity index is 1.69. The smallest absolute Gasteiger partial charge is 0.311 e. The second kappa shape index (κ2) is 8.07. The number of aryl methyl sites for hydroxylation is 3. The number of aromatic nitrogens is 4. The summed E-state index contributed by atoms with van der Waals surface area (Å²) >= 11 is 1.13. The lowest BCUT2D eigenvalue weighted by Gasteiger charge is -2.12. The molecule has 3 heterocycles. The lowest BCUT2D eigenvalue weighted by atomic mass is 9.97. The standard InChI is InChI=1S/C21H18N6O3S/c1-11-4-5-13(18(28)24-20(30)25-21-26-23-10-31-21)7-15(11)16-8-14-9-22-12(2)6-17(14)27(3)19(16)29/h4-10H,1-3H3,(H2,24,25,26,28,30). The van der Waals surface area contributed by atoms with Crippen molar-refractivity contribution >= 4 is 39.3 Å². The molecule has 3 amide bonds. The van der Waals surface area contributed by atoms with Gasteiger partial charge in [0, 0.05) is 35.5 Å². The zero-order valence-corrected chi connectivity index (χ0v) is 17.8. The third-order valence-electron chi connectivity index (χ3n) is 4.84. The number of carbonyl (C=O) groups is 2. The van der Waals surface area contributed by atoms with Gasteiger partial charge in [0.05, 0.1) is 5.52 Å². The number of fused-ring (bicyclic) bond motifs is 1. The van der Waals surface area contributed by atoms with Crippen molar-refractivity contribution in [2.45, 2.75) is 13.8 Å². The summed E-state index contributed by atoms with van der Waals surface area (Å²) in [6.45, 7) is 3.72. The number of nitrogens with zero attached hydrogens (tertiary/aromatic N) is 4. The van der Waals surface area contributed by atoms with Crippen LogP contribution in [0.4, 0.5) is 9.93 Å². The quantitative estimate of drug-likeness (QED) is 0.512. The van der Waals surface area contributed by atoms with Crippen LogP contribution in [0.15, 0.2) is 46.8 Å². The molecule has 3 aromatic heterocycles. The Hall–Kier alpha value is -3.92. The number of benzene rings is 1. The molecule has 0 aliphatic rings. The molecular weight excluding hydrogens is 416 g/mol. The zero-order valence-electron chi connectivity index (χ0n) is 17.0. The van der Waals surface area contributed by atoms with Gasteiger partial charge in [0.25, 0.3) is 11.5 Å². The van der Waals surface area contributed by atoms with Crippen molar-refractivity contribution in [3.8, 4) is 11.1 Å². The van der Waals surface area contributed by atoms with E-state index in [-0.39, 0.29) is 16.3 Å². The number of nitrogens with one attached hydrogen (secondary N) is 2. The Morgan fingerprint density at radius 3 is 2.65 bits per heavy atom. The van der Waals surface area contributed by atoms with E-state index in [0.29, 0.717) is 11.1 Å². The Morgan fingerprint density at radius 2 is 1.90 bits per heavy atom. The molecule has 9 nitrogen and oxygen atoms in total. The maximum atomic E-state index is 13.0. The van der Waals surface area contributed by atoms with Crippen molar-refractivity contribution in [1.82, 2.24) is 25.1 Å². The Morgan fingerprint density at radius 1 is 1.10 bits per heavy atom. The molecule has 4 rings (SSSR count). The van der Waals surface area contributed by atoms with Gasteiger partial charge in [0.2, 0.25) is 5.13 Å². The van der Waals surface area contributed by atoms with Gasteiger partial charge in [-0.1, -0.05) is 17.4 Å². The number of pyridine rings is 2. The van der Waals surface area contributed by atoms with Gasteiger partial charge < -0.3 is 4.57 Å².